The Morgan fingerprint density at radius 1 is 1.03 bits per heavy atom. The van der Waals surface area contributed by atoms with E-state index >= 15 is 0 Å². The molecular formula is C27H21N5O3S2. The minimum absolute atomic E-state index is 0.166. The van der Waals surface area contributed by atoms with Gasteiger partial charge in [0, 0.05) is 18.1 Å². The molecule has 1 saturated heterocycles. The highest BCUT2D eigenvalue weighted by Gasteiger charge is 2.52. The molecule has 0 bridgehead atoms. The highest BCUT2D eigenvalue weighted by Crippen LogP contribution is 2.44. The van der Waals surface area contributed by atoms with Crippen LogP contribution >= 0.6 is 24.0 Å². The SMILES string of the molecule is N[C@@H]1C(=O)N2C(C(=S)OC(c3ccccc3)c3ccccc3)=C(c3nnc(-c4cccnc4)o3)CS[C@H]12. The molecule has 2 aromatic carbocycles. The zero-order valence-corrected chi connectivity index (χ0v) is 21.1. The number of ether oxygens (including phenoxy) is 1. The Kier molecular flexibility index (Phi) is 6.29. The van der Waals surface area contributed by atoms with Crippen molar-refractivity contribution in [3.05, 3.63) is 108 Å². The molecule has 1 fully saturated rings. The van der Waals surface area contributed by atoms with Crippen LogP contribution in [-0.2, 0) is 9.53 Å². The fourth-order valence-corrected chi connectivity index (χ4v) is 5.96. The minimum Gasteiger partial charge on any atom is -0.469 e. The van der Waals surface area contributed by atoms with Crippen LogP contribution < -0.4 is 5.73 Å². The van der Waals surface area contributed by atoms with Gasteiger partial charge in [0.1, 0.15) is 23.2 Å². The molecule has 0 radical (unpaired) electrons. The maximum Gasteiger partial charge on any atom is 0.249 e. The summed E-state index contributed by atoms with van der Waals surface area (Å²) in [6.45, 7) is 0. The fourth-order valence-electron chi connectivity index (χ4n) is 4.37. The standard InChI is InChI=1S/C27H21N5O3S2/c28-20-25(33)32-21(27(36)34-22(16-8-3-1-4-9-16)17-10-5-2-6-11-17)19(15-37-26(20)32)24-31-30-23(35-24)18-12-7-13-29-14-18/h1-14,20,22,26H,15,28H2/t20-,26-/m1/s1. The van der Waals surface area contributed by atoms with E-state index in [1.807, 2.05) is 66.7 Å². The fraction of sp³-hybridized carbons (Fsp3) is 0.148. The summed E-state index contributed by atoms with van der Waals surface area (Å²) in [6.07, 6.45) is 2.84. The molecule has 2 aromatic heterocycles. The number of β-lactam (4-membered cyclic amide) rings is 1. The molecule has 0 unspecified atom stereocenters. The maximum atomic E-state index is 12.9. The van der Waals surface area contributed by atoms with E-state index in [1.165, 1.54) is 11.8 Å². The normalized spacial score (nSPS) is 19.0. The number of amides is 1. The topological polar surface area (TPSA) is 107 Å². The van der Waals surface area contributed by atoms with Gasteiger partial charge in [-0.15, -0.1) is 22.0 Å². The minimum atomic E-state index is -0.600. The first kappa shape index (κ1) is 23.5. The second kappa shape index (κ2) is 9.89. The molecule has 2 atom stereocenters. The molecule has 10 heteroatoms. The molecule has 2 aliphatic rings. The molecular weight excluding hydrogens is 506 g/mol. The van der Waals surface area contributed by atoms with E-state index in [4.69, 9.17) is 27.1 Å². The molecule has 6 rings (SSSR count). The first-order valence-electron chi connectivity index (χ1n) is 11.6. The van der Waals surface area contributed by atoms with Crippen molar-refractivity contribution in [1.82, 2.24) is 20.1 Å². The summed E-state index contributed by atoms with van der Waals surface area (Å²) in [7, 11) is 0. The van der Waals surface area contributed by atoms with Gasteiger partial charge in [-0.25, -0.2) is 0 Å². The van der Waals surface area contributed by atoms with Crippen molar-refractivity contribution in [2.45, 2.75) is 17.5 Å². The van der Waals surface area contributed by atoms with Crippen molar-refractivity contribution in [2.24, 2.45) is 5.73 Å². The van der Waals surface area contributed by atoms with Gasteiger partial charge in [-0.2, -0.15) is 0 Å². The number of aromatic nitrogens is 3. The summed E-state index contributed by atoms with van der Waals surface area (Å²) < 4.78 is 12.5. The average Bonchev–Trinajstić information content (AvgIpc) is 3.46. The highest BCUT2D eigenvalue weighted by atomic mass is 32.2. The van der Waals surface area contributed by atoms with Crippen LogP contribution in [0.4, 0.5) is 0 Å². The van der Waals surface area contributed by atoms with Gasteiger partial charge in [0.2, 0.25) is 22.7 Å². The van der Waals surface area contributed by atoms with Crippen molar-refractivity contribution in [2.75, 3.05) is 5.75 Å². The maximum absolute atomic E-state index is 12.9. The third kappa shape index (κ3) is 4.33. The zero-order chi connectivity index (χ0) is 25.4. The van der Waals surface area contributed by atoms with Crippen molar-refractivity contribution in [3.8, 4) is 11.5 Å². The predicted octanol–water partition coefficient (Wildman–Crippen LogP) is 4.22. The summed E-state index contributed by atoms with van der Waals surface area (Å²) in [6, 6.07) is 22.7. The summed E-state index contributed by atoms with van der Waals surface area (Å²) in [5.74, 6) is 0.859. The third-order valence-electron chi connectivity index (χ3n) is 6.22. The van der Waals surface area contributed by atoms with Crippen LogP contribution in [-0.4, -0.2) is 48.2 Å². The third-order valence-corrected chi connectivity index (χ3v) is 7.81. The lowest BCUT2D eigenvalue weighted by Crippen LogP contribution is -2.68. The average molecular weight is 528 g/mol. The van der Waals surface area contributed by atoms with Crippen LogP contribution in [0, 0.1) is 0 Å². The van der Waals surface area contributed by atoms with Gasteiger partial charge in [-0.05, 0) is 35.5 Å². The van der Waals surface area contributed by atoms with Gasteiger partial charge in [-0.3, -0.25) is 14.7 Å². The Morgan fingerprint density at radius 2 is 1.70 bits per heavy atom. The van der Waals surface area contributed by atoms with Gasteiger partial charge < -0.3 is 14.9 Å². The molecule has 4 heterocycles. The molecule has 184 valence electrons. The Balaban J connectivity index is 1.41. The van der Waals surface area contributed by atoms with E-state index < -0.39 is 12.1 Å². The highest BCUT2D eigenvalue weighted by molar-refractivity contribution is 8.00. The van der Waals surface area contributed by atoms with Gasteiger partial charge >= 0.3 is 0 Å². The van der Waals surface area contributed by atoms with Gasteiger partial charge in [0.05, 0.1) is 11.1 Å². The number of nitrogens with two attached hydrogens (primary N) is 1. The number of carbonyl (C=O) groups excluding carboxylic acids is 1. The number of nitrogens with zero attached hydrogens (tertiary/aromatic N) is 4. The van der Waals surface area contributed by atoms with E-state index in [1.54, 1.807) is 23.4 Å². The van der Waals surface area contributed by atoms with E-state index in [9.17, 15) is 4.79 Å². The molecule has 2 N–H and O–H groups in total. The number of hydrogen-bond donors (Lipinski definition) is 1. The Labute approximate surface area is 222 Å². The van der Waals surface area contributed by atoms with Crippen LogP contribution in [0.3, 0.4) is 0 Å². The summed E-state index contributed by atoms with van der Waals surface area (Å²) in [4.78, 5) is 18.6. The lowest BCUT2D eigenvalue weighted by molar-refractivity contribution is -0.140. The smallest absolute Gasteiger partial charge is 0.249 e. The number of rotatable bonds is 6. The number of carbonyl (C=O) groups is 1. The van der Waals surface area contributed by atoms with E-state index in [2.05, 4.69) is 15.2 Å². The Bertz CT molecular complexity index is 1440. The van der Waals surface area contributed by atoms with Crippen LogP contribution in [0.25, 0.3) is 17.0 Å². The van der Waals surface area contributed by atoms with Gasteiger partial charge in [-0.1, -0.05) is 60.7 Å². The number of pyridine rings is 1. The number of hydrogen-bond acceptors (Lipinski definition) is 9. The van der Waals surface area contributed by atoms with Crippen molar-refractivity contribution in [1.29, 1.82) is 0 Å². The van der Waals surface area contributed by atoms with Crippen LogP contribution in [0.1, 0.15) is 23.1 Å². The molecule has 0 spiro atoms. The first-order valence-corrected chi connectivity index (χ1v) is 13.1. The first-order chi connectivity index (χ1) is 18.1. The van der Waals surface area contributed by atoms with Crippen LogP contribution in [0.5, 0.6) is 0 Å². The molecule has 2 aliphatic heterocycles. The van der Waals surface area contributed by atoms with Gasteiger partial charge in [0.25, 0.3) is 0 Å². The number of thioether (sulfide) groups is 1. The van der Waals surface area contributed by atoms with E-state index in [0.717, 1.165) is 11.1 Å². The number of benzene rings is 2. The second-order valence-electron chi connectivity index (χ2n) is 8.52. The quantitative estimate of drug-likeness (QED) is 0.291. The summed E-state index contributed by atoms with van der Waals surface area (Å²) >= 11 is 7.39. The number of thiocarbonyl (C=S) groups is 1. The van der Waals surface area contributed by atoms with Crippen molar-refractivity contribution >= 4 is 40.5 Å². The predicted molar refractivity (Wildman–Crippen MR) is 144 cm³/mol. The molecule has 0 aliphatic carbocycles. The van der Waals surface area contributed by atoms with Crippen LogP contribution in [0.2, 0.25) is 0 Å². The molecule has 37 heavy (non-hydrogen) atoms. The summed E-state index contributed by atoms with van der Waals surface area (Å²) in [5, 5.41) is 8.40. The largest absolute Gasteiger partial charge is 0.469 e. The lowest BCUT2D eigenvalue weighted by atomic mass is 10.0. The molecule has 8 nitrogen and oxygen atoms in total. The molecule has 1 amide bonds. The Hall–Kier alpha value is -3.86. The summed E-state index contributed by atoms with van der Waals surface area (Å²) in [5.41, 5.74) is 9.75. The van der Waals surface area contributed by atoms with Crippen molar-refractivity contribution < 1.29 is 13.9 Å². The monoisotopic (exact) mass is 527 g/mol. The Morgan fingerprint density at radius 3 is 2.35 bits per heavy atom. The number of fused-ring (bicyclic) bond motifs is 1. The van der Waals surface area contributed by atoms with Gasteiger partial charge in [0.15, 0.2) is 0 Å². The lowest BCUT2D eigenvalue weighted by Gasteiger charge is -2.48. The zero-order valence-electron chi connectivity index (χ0n) is 19.4. The molecule has 0 saturated carbocycles. The van der Waals surface area contributed by atoms with E-state index in [0.29, 0.717) is 28.5 Å². The van der Waals surface area contributed by atoms with Crippen LogP contribution in [0.15, 0.2) is 95.3 Å². The second-order valence-corrected chi connectivity index (χ2v) is 10.00. The molecule has 4 aromatic rings. The van der Waals surface area contributed by atoms with Crippen molar-refractivity contribution in [3.63, 3.8) is 0 Å². The van der Waals surface area contributed by atoms with E-state index in [-0.39, 0.29) is 22.2 Å².